The van der Waals surface area contributed by atoms with Gasteiger partial charge in [0.15, 0.2) is 0 Å². The van der Waals surface area contributed by atoms with Gasteiger partial charge < -0.3 is 14.7 Å². The molecular weight excluding hydrogens is 551 g/mol. The molecule has 1 saturated carbocycles. The van der Waals surface area contributed by atoms with E-state index in [0.717, 1.165) is 31.0 Å². The summed E-state index contributed by atoms with van der Waals surface area (Å²) in [5, 5.41) is 11.8. The normalized spacial score (nSPS) is 17.1. The fourth-order valence-electron chi connectivity index (χ4n) is 4.26. The Bertz CT molecular complexity index is 1210. The highest BCUT2D eigenvalue weighted by molar-refractivity contribution is 5.95. The molecule has 2 fully saturated rings. The van der Waals surface area contributed by atoms with Crippen LogP contribution >= 0.6 is 0 Å². The number of benzene rings is 2. The predicted octanol–water partition coefficient (Wildman–Crippen LogP) is 5.05. The van der Waals surface area contributed by atoms with Gasteiger partial charge in [-0.1, -0.05) is 24.3 Å². The topological polar surface area (TPSA) is 82.1 Å². The lowest BCUT2D eigenvalue weighted by Gasteiger charge is -2.35. The van der Waals surface area contributed by atoms with E-state index in [1.165, 1.54) is 17.0 Å². The van der Waals surface area contributed by atoms with Crippen LogP contribution in [0, 0.1) is 11.7 Å². The molecule has 4 rings (SSSR count). The molecule has 7 nitrogen and oxygen atoms in total. The summed E-state index contributed by atoms with van der Waals surface area (Å²) in [6.07, 6.45) is -10.7. The van der Waals surface area contributed by atoms with Crippen molar-refractivity contribution in [3.8, 4) is 0 Å². The van der Waals surface area contributed by atoms with Gasteiger partial charge in [-0.25, -0.2) is 9.18 Å². The quantitative estimate of drug-likeness (QED) is 0.450. The number of anilines is 1. The number of nitrogens with zero attached hydrogens (tertiary/aromatic N) is 2. The number of hydrogen-bond donors (Lipinski definition) is 2. The van der Waals surface area contributed by atoms with Gasteiger partial charge in [-0.2, -0.15) is 26.3 Å². The Kier molecular flexibility index (Phi) is 8.31. The molecule has 218 valence electrons. The molecule has 40 heavy (non-hydrogen) atoms. The zero-order valence-corrected chi connectivity index (χ0v) is 21.0. The number of piperazine rings is 1. The molecule has 0 aromatic heterocycles. The van der Waals surface area contributed by atoms with E-state index in [-0.39, 0.29) is 37.5 Å². The summed E-state index contributed by atoms with van der Waals surface area (Å²) >= 11 is 0. The van der Waals surface area contributed by atoms with Crippen molar-refractivity contribution >= 4 is 17.7 Å². The van der Waals surface area contributed by atoms with Crippen LogP contribution < -0.4 is 5.32 Å². The summed E-state index contributed by atoms with van der Waals surface area (Å²) in [5.41, 5.74) is -5.97. The number of ether oxygens (including phenoxy) is 1. The molecule has 2 aliphatic rings. The van der Waals surface area contributed by atoms with E-state index in [0.29, 0.717) is 36.7 Å². The van der Waals surface area contributed by atoms with Crippen LogP contribution in [0.25, 0.3) is 0 Å². The summed E-state index contributed by atoms with van der Waals surface area (Å²) in [5.74, 6) is -0.900. The standard InChI is InChI=1S/C26H26F7N3O4/c27-20-13-18(5-8-21(20)34-23(38)40-15-17-1-2-17)22(37)36-11-9-35(10-12-36)14-16-3-6-19(7-4-16)24(39,25(28,29)30)26(31,32)33/h3-8,13,17,39H,1-2,9-12,14-15H2,(H,34,38). The van der Waals surface area contributed by atoms with Crippen molar-refractivity contribution in [2.75, 3.05) is 38.1 Å². The largest absolute Gasteiger partial charge is 0.449 e. The van der Waals surface area contributed by atoms with Crippen molar-refractivity contribution < 1.29 is 50.2 Å². The summed E-state index contributed by atoms with van der Waals surface area (Å²) < 4.78 is 98.0. The maximum Gasteiger partial charge on any atom is 0.430 e. The van der Waals surface area contributed by atoms with Gasteiger partial charge >= 0.3 is 18.4 Å². The van der Waals surface area contributed by atoms with E-state index in [1.54, 1.807) is 0 Å². The van der Waals surface area contributed by atoms with Crippen LogP contribution in [0.4, 0.5) is 41.2 Å². The number of rotatable bonds is 7. The number of alkyl halides is 6. The van der Waals surface area contributed by atoms with Crippen LogP contribution in [0.2, 0.25) is 0 Å². The van der Waals surface area contributed by atoms with Crippen LogP contribution in [-0.4, -0.2) is 72.0 Å². The molecule has 14 heteroatoms. The third kappa shape index (κ3) is 6.49. The van der Waals surface area contributed by atoms with Gasteiger partial charge in [-0.15, -0.1) is 0 Å². The Morgan fingerprint density at radius 3 is 2.05 bits per heavy atom. The van der Waals surface area contributed by atoms with Crippen LogP contribution in [0.5, 0.6) is 0 Å². The van der Waals surface area contributed by atoms with Gasteiger partial charge in [0.2, 0.25) is 0 Å². The zero-order valence-electron chi connectivity index (χ0n) is 21.0. The first-order chi connectivity index (χ1) is 18.7. The molecule has 2 aromatic rings. The van der Waals surface area contributed by atoms with E-state index in [4.69, 9.17) is 4.74 Å². The number of nitrogens with one attached hydrogen (secondary N) is 1. The molecule has 1 heterocycles. The second-order valence-corrected chi connectivity index (χ2v) is 9.83. The van der Waals surface area contributed by atoms with E-state index in [1.807, 2.05) is 4.90 Å². The Labute approximate surface area is 224 Å². The molecular formula is C26H26F7N3O4. The van der Waals surface area contributed by atoms with Crippen molar-refractivity contribution in [2.24, 2.45) is 5.92 Å². The second kappa shape index (κ2) is 11.2. The van der Waals surface area contributed by atoms with Gasteiger partial charge in [0.05, 0.1) is 12.3 Å². The third-order valence-corrected chi connectivity index (χ3v) is 6.86. The third-order valence-electron chi connectivity index (χ3n) is 6.86. The first-order valence-electron chi connectivity index (χ1n) is 12.4. The van der Waals surface area contributed by atoms with Crippen molar-refractivity contribution in [3.05, 3.63) is 65.0 Å². The zero-order chi connectivity index (χ0) is 29.3. The van der Waals surface area contributed by atoms with Crippen molar-refractivity contribution in [1.82, 2.24) is 9.80 Å². The highest BCUT2D eigenvalue weighted by atomic mass is 19.4. The molecule has 2 aromatic carbocycles. The molecule has 0 atom stereocenters. The number of hydrogen-bond acceptors (Lipinski definition) is 5. The summed E-state index contributed by atoms with van der Waals surface area (Å²) in [7, 11) is 0. The maximum absolute atomic E-state index is 14.5. The monoisotopic (exact) mass is 577 g/mol. The molecule has 0 radical (unpaired) electrons. The minimum atomic E-state index is -5.96. The first kappa shape index (κ1) is 29.6. The Balaban J connectivity index is 1.30. The number of carbonyl (C=O) groups excluding carboxylic acids is 2. The molecule has 1 aliphatic heterocycles. The van der Waals surface area contributed by atoms with Crippen LogP contribution in [0.1, 0.15) is 34.3 Å². The molecule has 1 saturated heterocycles. The minimum Gasteiger partial charge on any atom is -0.449 e. The summed E-state index contributed by atoms with van der Waals surface area (Å²) in [4.78, 5) is 28.0. The van der Waals surface area contributed by atoms with Crippen LogP contribution in [-0.2, 0) is 16.9 Å². The van der Waals surface area contributed by atoms with Crippen molar-refractivity contribution in [1.29, 1.82) is 0 Å². The molecule has 2 amide bonds. The Hall–Kier alpha value is -3.39. The van der Waals surface area contributed by atoms with E-state index < -0.39 is 41.3 Å². The maximum atomic E-state index is 14.5. The van der Waals surface area contributed by atoms with Crippen molar-refractivity contribution in [2.45, 2.75) is 37.3 Å². The van der Waals surface area contributed by atoms with Gasteiger partial charge in [-0.3, -0.25) is 15.0 Å². The molecule has 2 N–H and O–H groups in total. The summed E-state index contributed by atoms with van der Waals surface area (Å²) in [6.45, 7) is 1.63. The van der Waals surface area contributed by atoms with E-state index in [9.17, 15) is 45.4 Å². The highest BCUT2D eigenvalue weighted by Crippen LogP contribution is 2.50. The van der Waals surface area contributed by atoms with Gasteiger partial charge in [0, 0.05) is 43.9 Å². The number of amides is 2. The number of carbonyl (C=O) groups is 2. The predicted molar refractivity (Wildman–Crippen MR) is 128 cm³/mol. The second-order valence-electron chi connectivity index (χ2n) is 9.83. The summed E-state index contributed by atoms with van der Waals surface area (Å²) in [6, 6.07) is 6.99. The molecule has 0 unspecified atom stereocenters. The average molecular weight is 577 g/mol. The first-order valence-corrected chi connectivity index (χ1v) is 12.4. The van der Waals surface area contributed by atoms with Gasteiger partial charge in [0.1, 0.15) is 5.82 Å². The van der Waals surface area contributed by atoms with Gasteiger partial charge in [-0.05, 0) is 42.5 Å². The lowest BCUT2D eigenvalue weighted by atomic mass is 9.91. The van der Waals surface area contributed by atoms with E-state index >= 15 is 0 Å². The number of halogens is 7. The average Bonchev–Trinajstić information content (AvgIpc) is 3.72. The lowest BCUT2D eigenvalue weighted by molar-refractivity contribution is -0.376. The molecule has 0 bridgehead atoms. The molecule has 0 spiro atoms. The molecule has 1 aliphatic carbocycles. The van der Waals surface area contributed by atoms with E-state index in [2.05, 4.69) is 5.32 Å². The van der Waals surface area contributed by atoms with Crippen molar-refractivity contribution in [3.63, 3.8) is 0 Å². The van der Waals surface area contributed by atoms with Crippen LogP contribution in [0.15, 0.2) is 42.5 Å². The highest BCUT2D eigenvalue weighted by Gasteiger charge is 2.71. The minimum absolute atomic E-state index is 0.0697. The Morgan fingerprint density at radius 2 is 1.52 bits per heavy atom. The smallest absolute Gasteiger partial charge is 0.430 e. The number of aliphatic hydroxyl groups is 1. The lowest BCUT2D eigenvalue weighted by Crippen LogP contribution is -2.53. The SMILES string of the molecule is O=C(Nc1ccc(C(=O)N2CCN(Cc3ccc(C(O)(C(F)(F)F)C(F)(F)F)cc3)CC2)cc1F)OCC1CC1. The Morgan fingerprint density at radius 1 is 0.925 bits per heavy atom. The van der Waals surface area contributed by atoms with Gasteiger partial charge in [0.25, 0.3) is 11.5 Å². The van der Waals surface area contributed by atoms with Crippen LogP contribution in [0.3, 0.4) is 0 Å². The fraction of sp³-hybridized carbons (Fsp3) is 0.462. The fourth-order valence-corrected chi connectivity index (χ4v) is 4.26.